The van der Waals surface area contributed by atoms with E-state index in [9.17, 15) is 5.11 Å². The molecule has 0 aliphatic carbocycles. The van der Waals surface area contributed by atoms with Crippen LogP contribution in [0.4, 0.5) is 0 Å². The number of hydrogen-bond donors (Lipinski definition) is 1. The Hall–Kier alpha value is -2.30. The van der Waals surface area contributed by atoms with Gasteiger partial charge in [0.05, 0.1) is 0 Å². The minimum absolute atomic E-state index is 0.250. The number of aliphatic hydroxyl groups is 1. The lowest BCUT2D eigenvalue weighted by molar-refractivity contribution is 0.0962. The van der Waals surface area contributed by atoms with Crippen LogP contribution in [0.1, 0.15) is 17.5 Å². The molecule has 0 aromatic heterocycles. The third kappa shape index (κ3) is 3.34. The summed E-state index contributed by atoms with van der Waals surface area (Å²) in [6.45, 7) is 0. The average Bonchev–Trinajstić information content (AvgIpc) is 2.48. The monoisotopic (exact) mass is 248 g/mol. The quantitative estimate of drug-likeness (QED) is 0.819. The highest BCUT2D eigenvalue weighted by atomic mass is 16.3. The number of rotatable bonds is 4. The molecule has 0 fully saturated rings. The van der Waals surface area contributed by atoms with Crippen LogP contribution in [0.25, 0.3) is 6.08 Å². The maximum atomic E-state index is 10.7. The van der Waals surface area contributed by atoms with Gasteiger partial charge in [-0.15, -0.1) is 12.3 Å². The van der Waals surface area contributed by atoms with Crippen molar-refractivity contribution in [2.75, 3.05) is 0 Å². The van der Waals surface area contributed by atoms with Crippen molar-refractivity contribution in [3.8, 4) is 12.3 Å². The minimum atomic E-state index is -1.12. The normalized spacial score (nSPS) is 13.9. The molecule has 0 spiro atoms. The molecule has 1 unspecified atom stereocenters. The first-order valence-electron chi connectivity index (χ1n) is 6.20. The van der Waals surface area contributed by atoms with Gasteiger partial charge in [-0.05, 0) is 17.2 Å². The Labute approximate surface area is 114 Å². The van der Waals surface area contributed by atoms with E-state index in [2.05, 4.69) is 5.92 Å². The molecule has 2 rings (SSSR count). The van der Waals surface area contributed by atoms with E-state index in [4.69, 9.17) is 6.42 Å². The van der Waals surface area contributed by atoms with E-state index in [1.54, 1.807) is 6.08 Å². The Morgan fingerprint density at radius 2 is 1.58 bits per heavy atom. The molecule has 0 amide bonds. The second-order valence-corrected chi connectivity index (χ2v) is 4.42. The number of benzene rings is 2. The van der Waals surface area contributed by atoms with Crippen LogP contribution in [0.3, 0.4) is 0 Å². The van der Waals surface area contributed by atoms with Crippen LogP contribution in [-0.4, -0.2) is 5.11 Å². The standard InChI is InChI=1S/C18H16O/c1-2-14-18(19,17-11-7-4-8-12-17)15-13-16-9-5-3-6-10-16/h1,3-13,15,19H,14H2/b15-13+. The lowest BCUT2D eigenvalue weighted by Gasteiger charge is -2.22. The van der Waals surface area contributed by atoms with Crippen molar-refractivity contribution in [1.29, 1.82) is 0 Å². The Balaban J connectivity index is 2.31. The summed E-state index contributed by atoms with van der Waals surface area (Å²) in [5, 5.41) is 10.7. The van der Waals surface area contributed by atoms with Gasteiger partial charge >= 0.3 is 0 Å². The first-order valence-corrected chi connectivity index (χ1v) is 6.20. The maximum absolute atomic E-state index is 10.7. The Kier molecular flexibility index (Phi) is 4.18. The van der Waals surface area contributed by atoms with Gasteiger partial charge in [0, 0.05) is 6.42 Å². The Bertz CT molecular complexity index is 578. The molecule has 0 heterocycles. The summed E-state index contributed by atoms with van der Waals surface area (Å²) < 4.78 is 0. The van der Waals surface area contributed by atoms with Crippen molar-refractivity contribution in [3.63, 3.8) is 0 Å². The largest absolute Gasteiger partial charge is 0.380 e. The van der Waals surface area contributed by atoms with Crippen molar-refractivity contribution in [3.05, 3.63) is 77.9 Å². The molecule has 0 aliphatic rings. The molecule has 0 saturated heterocycles. The molecule has 2 aromatic rings. The van der Waals surface area contributed by atoms with Gasteiger partial charge in [-0.2, -0.15) is 0 Å². The van der Waals surface area contributed by atoms with E-state index in [1.807, 2.05) is 66.7 Å². The summed E-state index contributed by atoms with van der Waals surface area (Å²) in [7, 11) is 0. The summed E-state index contributed by atoms with van der Waals surface area (Å²) in [6, 6.07) is 19.3. The fourth-order valence-electron chi connectivity index (χ4n) is 1.94. The third-order valence-corrected chi connectivity index (χ3v) is 3.00. The second kappa shape index (κ2) is 6.04. The number of hydrogen-bond acceptors (Lipinski definition) is 1. The fraction of sp³-hybridized carbons (Fsp3) is 0.111. The molecular weight excluding hydrogens is 232 g/mol. The molecule has 19 heavy (non-hydrogen) atoms. The highest BCUT2D eigenvalue weighted by Gasteiger charge is 2.24. The highest BCUT2D eigenvalue weighted by molar-refractivity contribution is 5.51. The maximum Gasteiger partial charge on any atom is 0.119 e. The molecule has 0 radical (unpaired) electrons. The first-order chi connectivity index (χ1) is 9.24. The highest BCUT2D eigenvalue weighted by Crippen LogP contribution is 2.27. The van der Waals surface area contributed by atoms with E-state index in [-0.39, 0.29) is 6.42 Å². The lowest BCUT2D eigenvalue weighted by atomic mass is 9.90. The van der Waals surface area contributed by atoms with Crippen LogP contribution in [-0.2, 0) is 5.60 Å². The summed E-state index contributed by atoms with van der Waals surface area (Å²) in [5.74, 6) is 2.54. The van der Waals surface area contributed by atoms with Crippen LogP contribution in [0.2, 0.25) is 0 Å². The van der Waals surface area contributed by atoms with Crippen molar-refractivity contribution >= 4 is 6.08 Å². The predicted octanol–water partition coefficient (Wildman–Crippen LogP) is 3.61. The van der Waals surface area contributed by atoms with E-state index < -0.39 is 5.60 Å². The second-order valence-electron chi connectivity index (χ2n) is 4.42. The molecule has 1 N–H and O–H groups in total. The smallest absolute Gasteiger partial charge is 0.119 e. The van der Waals surface area contributed by atoms with Gasteiger partial charge in [0.25, 0.3) is 0 Å². The van der Waals surface area contributed by atoms with Gasteiger partial charge in [-0.3, -0.25) is 0 Å². The summed E-state index contributed by atoms with van der Waals surface area (Å²) in [4.78, 5) is 0. The van der Waals surface area contributed by atoms with Crippen molar-refractivity contribution in [1.82, 2.24) is 0 Å². The van der Waals surface area contributed by atoms with E-state index in [1.165, 1.54) is 0 Å². The van der Waals surface area contributed by atoms with Gasteiger partial charge in [0.2, 0.25) is 0 Å². The van der Waals surface area contributed by atoms with Crippen LogP contribution in [0.5, 0.6) is 0 Å². The third-order valence-electron chi connectivity index (χ3n) is 3.00. The molecule has 0 saturated carbocycles. The average molecular weight is 248 g/mol. The Morgan fingerprint density at radius 3 is 2.16 bits per heavy atom. The minimum Gasteiger partial charge on any atom is -0.380 e. The van der Waals surface area contributed by atoms with Crippen molar-refractivity contribution in [2.24, 2.45) is 0 Å². The zero-order valence-electron chi connectivity index (χ0n) is 10.7. The van der Waals surface area contributed by atoms with Gasteiger partial charge < -0.3 is 5.11 Å². The fourth-order valence-corrected chi connectivity index (χ4v) is 1.94. The van der Waals surface area contributed by atoms with E-state index in [0.29, 0.717) is 0 Å². The van der Waals surface area contributed by atoms with Gasteiger partial charge in [-0.1, -0.05) is 66.7 Å². The van der Waals surface area contributed by atoms with Crippen LogP contribution < -0.4 is 0 Å². The van der Waals surface area contributed by atoms with Crippen LogP contribution >= 0.6 is 0 Å². The Morgan fingerprint density at radius 1 is 1.00 bits per heavy atom. The topological polar surface area (TPSA) is 20.2 Å². The molecule has 94 valence electrons. The van der Waals surface area contributed by atoms with Gasteiger partial charge in [0.1, 0.15) is 5.60 Å². The molecule has 0 bridgehead atoms. The first kappa shape index (κ1) is 13.1. The van der Waals surface area contributed by atoms with E-state index >= 15 is 0 Å². The number of terminal acetylenes is 1. The summed E-state index contributed by atoms with van der Waals surface area (Å²) in [6.07, 6.45) is 9.28. The molecular formula is C18H16O. The zero-order chi connectivity index (χ0) is 13.6. The molecule has 0 aliphatic heterocycles. The van der Waals surface area contributed by atoms with Gasteiger partial charge in [0.15, 0.2) is 0 Å². The van der Waals surface area contributed by atoms with E-state index in [0.717, 1.165) is 11.1 Å². The van der Waals surface area contributed by atoms with Crippen LogP contribution in [0, 0.1) is 12.3 Å². The predicted molar refractivity (Wildman–Crippen MR) is 79.3 cm³/mol. The molecule has 2 aromatic carbocycles. The van der Waals surface area contributed by atoms with Crippen molar-refractivity contribution in [2.45, 2.75) is 12.0 Å². The van der Waals surface area contributed by atoms with Crippen LogP contribution in [0.15, 0.2) is 66.7 Å². The summed E-state index contributed by atoms with van der Waals surface area (Å²) in [5.41, 5.74) is 0.722. The summed E-state index contributed by atoms with van der Waals surface area (Å²) >= 11 is 0. The molecule has 1 nitrogen and oxygen atoms in total. The van der Waals surface area contributed by atoms with Gasteiger partial charge in [-0.25, -0.2) is 0 Å². The molecule has 1 atom stereocenters. The van der Waals surface area contributed by atoms with Crippen molar-refractivity contribution < 1.29 is 5.11 Å². The lowest BCUT2D eigenvalue weighted by Crippen LogP contribution is -2.21. The SMILES string of the molecule is C#CCC(O)(/C=C/c1ccccc1)c1ccccc1. The zero-order valence-corrected chi connectivity index (χ0v) is 10.7. The molecule has 1 heteroatoms.